The third-order valence-electron chi connectivity index (χ3n) is 2.36. The normalized spacial score (nSPS) is 13.8. The number of nitrogens with two attached hydrogens (primary N) is 1. The number of benzene rings is 1. The molecule has 4 nitrogen and oxygen atoms in total. The number of hydrogen-bond acceptors (Lipinski definition) is 4. The number of hydrogen-bond donors (Lipinski definition) is 1. The monoisotopic (exact) mass is 255 g/mol. The number of rotatable bonds is 5. The van der Waals surface area contributed by atoms with Gasteiger partial charge in [-0.3, -0.25) is 0 Å². The fourth-order valence-corrected chi connectivity index (χ4v) is 1.30. The van der Waals surface area contributed by atoms with Crippen LogP contribution < -0.4 is 10.5 Å². The Labute approximate surface area is 106 Å². The third-order valence-corrected chi connectivity index (χ3v) is 2.36. The molecule has 0 aliphatic carbocycles. The second-order valence-electron chi connectivity index (χ2n) is 4.36. The number of halogens is 1. The van der Waals surface area contributed by atoms with Crippen molar-refractivity contribution in [1.82, 2.24) is 0 Å². The summed E-state index contributed by atoms with van der Waals surface area (Å²) in [6.07, 6.45) is 0. The quantitative estimate of drug-likeness (QED) is 0.815. The second kappa shape index (κ2) is 5.82. The van der Waals surface area contributed by atoms with Crippen molar-refractivity contribution < 1.29 is 18.7 Å². The Kier molecular flexibility index (Phi) is 4.67. The van der Waals surface area contributed by atoms with Crippen LogP contribution >= 0.6 is 0 Å². The molecule has 0 aromatic heterocycles. The molecule has 0 saturated heterocycles. The molecular formula is C13H18FNO3. The molecule has 0 fully saturated rings. The topological polar surface area (TPSA) is 61.5 Å². The van der Waals surface area contributed by atoms with Crippen LogP contribution in [0.4, 0.5) is 4.39 Å². The van der Waals surface area contributed by atoms with Crippen LogP contribution in [0.5, 0.6) is 5.75 Å². The average molecular weight is 255 g/mol. The number of aryl methyl sites for hydroxylation is 1. The Hall–Kier alpha value is -1.62. The maximum Gasteiger partial charge on any atom is 0.329 e. The van der Waals surface area contributed by atoms with Crippen molar-refractivity contribution in [3.63, 3.8) is 0 Å². The maximum absolute atomic E-state index is 13.4. The van der Waals surface area contributed by atoms with E-state index in [9.17, 15) is 9.18 Å². The van der Waals surface area contributed by atoms with Crippen molar-refractivity contribution in [2.24, 2.45) is 5.73 Å². The molecule has 18 heavy (non-hydrogen) atoms. The summed E-state index contributed by atoms with van der Waals surface area (Å²) in [5, 5.41) is 0. The smallest absolute Gasteiger partial charge is 0.329 e. The second-order valence-corrected chi connectivity index (χ2v) is 4.36. The van der Waals surface area contributed by atoms with Crippen LogP contribution in [0.2, 0.25) is 0 Å². The van der Waals surface area contributed by atoms with Gasteiger partial charge < -0.3 is 15.2 Å². The van der Waals surface area contributed by atoms with E-state index in [1.54, 1.807) is 19.1 Å². The molecule has 1 atom stereocenters. The first-order valence-corrected chi connectivity index (χ1v) is 5.72. The lowest BCUT2D eigenvalue weighted by atomic mass is 10.1. The van der Waals surface area contributed by atoms with Gasteiger partial charge in [-0.2, -0.15) is 0 Å². The van der Waals surface area contributed by atoms with Crippen LogP contribution in [-0.2, 0) is 9.53 Å². The van der Waals surface area contributed by atoms with Gasteiger partial charge >= 0.3 is 5.97 Å². The molecule has 5 heteroatoms. The van der Waals surface area contributed by atoms with Crippen LogP contribution in [0.3, 0.4) is 0 Å². The fraction of sp³-hybridized carbons (Fsp3) is 0.462. The number of esters is 1. The first-order valence-electron chi connectivity index (χ1n) is 5.72. The van der Waals surface area contributed by atoms with Crippen molar-refractivity contribution >= 4 is 5.97 Å². The highest BCUT2D eigenvalue weighted by atomic mass is 19.1. The zero-order chi connectivity index (χ0) is 13.8. The minimum atomic E-state index is -1.30. The zero-order valence-electron chi connectivity index (χ0n) is 10.8. The third kappa shape index (κ3) is 3.70. The van der Waals surface area contributed by atoms with E-state index in [1.807, 2.05) is 6.92 Å². The molecule has 0 aliphatic rings. The van der Waals surface area contributed by atoms with Crippen LogP contribution in [-0.4, -0.2) is 24.7 Å². The van der Waals surface area contributed by atoms with Crippen molar-refractivity contribution in [2.45, 2.75) is 26.3 Å². The maximum atomic E-state index is 13.4. The Morgan fingerprint density at radius 2 is 2.17 bits per heavy atom. The zero-order valence-corrected chi connectivity index (χ0v) is 10.8. The molecule has 100 valence electrons. The standard InChI is InChI=1S/C13H18FNO3/c1-4-17-12(16)13(3,15)8-18-11-7-9(2)5-6-10(11)14/h5-7H,4,8,15H2,1-3H3. The minimum absolute atomic E-state index is 0.0796. The van der Waals surface area contributed by atoms with Crippen LogP contribution in [0.25, 0.3) is 0 Å². The summed E-state index contributed by atoms with van der Waals surface area (Å²) in [6, 6.07) is 4.49. The van der Waals surface area contributed by atoms with Gasteiger partial charge in [0, 0.05) is 0 Å². The molecular weight excluding hydrogens is 237 g/mol. The molecule has 1 aromatic rings. The summed E-state index contributed by atoms with van der Waals surface area (Å²) < 4.78 is 23.5. The highest BCUT2D eigenvalue weighted by Crippen LogP contribution is 2.19. The fourth-order valence-electron chi connectivity index (χ4n) is 1.30. The van der Waals surface area contributed by atoms with Gasteiger partial charge in [0.25, 0.3) is 0 Å². The molecule has 1 aromatic carbocycles. The molecule has 0 saturated carbocycles. The molecule has 2 N–H and O–H groups in total. The Morgan fingerprint density at radius 3 is 2.78 bits per heavy atom. The molecule has 0 radical (unpaired) electrons. The van der Waals surface area contributed by atoms with Crippen LogP contribution in [0.15, 0.2) is 18.2 Å². The summed E-state index contributed by atoms with van der Waals surface area (Å²) in [6.45, 7) is 5.09. The lowest BCUT2D eigenvalue weighted by Gasteiger charge is -2.22. The number of carbonyl (C=O) groups is 1. The Balaban J connectivity index is 2.69. The van der Waals surface area contributed by atoms with E-state index in [2.05, 4.69) is 0 Å². The van der Waals surface area contributed by atoms with E-state index in [0.717, 1.165) is 5.56 Å². The number of carbonyl (C=O) groups excluding carboxylic acids is 1. The van der Waals surface area contributed by atoms with Crippen molar-refractivity contribution in [1.29, 1.82) is 0 Å². The van der Waals surface area contributed by atoms with Gasteiger partial charge in [0.1, 0.15) is 12.1 Å². The predicted octanol–water partition coefficient (Wildman–Crippen LogP) is 1.79. The summed E-state index contributed by atoms with van der Waals surface area (Å²) in [5.41, 5.74) is 5.32. The highest BCUT2D eigenvalue weighted by molar-refractivity contribution is 5.80. The lowest BCUT2D eigenvalue weighted by molar-refractivity contribution is -0.150. The van der Waals surface area contributed by atoms with E-state index in [1.165, 1.54) is 13.0 Å². The van der Waals surface area contributed by atoms with Crippen molar-refractivity contribution in [2.75, 3.05) is 13.2 Å². The molecule has 1 unspecified atom stereocenters. The van der Waals surface area contributed by atoms with E-state index >= 15 is 0 Å². The van der Waals surface area contributed by atoms with E-state index < -0.39 is 17.3 Å². The predicted molar refractivity (Wildman–Crippen MR) is 65.9 cm³/mol. The summed E-state index contributed by atoms with van der Waals surface area (Å²) in [5.74, 6) is -0.978. The van der Waals surface area contributed by atoms with Crippen molar-refractivity contribution in [3.05, 3.63) is 29.6 Å². The van der Waals surface area contributed by atoms with E-state index in [4.69, 9.17) is 15.2 Å². The van der Waals surface area contributed by atoms with Crippen molar-refractivity contribution in [3.8, 4) is 5.75 Å². The lowest BCUT2D eigenvalue weighted by Crippen LogP contribution is -2.51. The van der Waals surface area contributed by atoms with Gasteiger partial charge in [-0.05, 0) is 38.5 Å². The summed E-state index contributed by atoms with van der Waals surface area (Å²) >= 11 is 0. The molecule has 1 rings (SSSR count). The molecule has 0 amide bonds. The first kappa shape index (κ1) is 14.4. The summed E-state index contributed by atoms with van der Waals surface area (Å²) in [7, 11) is 0. The van der Waals surface area contributed by atoms with Crippen LogP contribution in [0.1, 0.15) is 19.4 Å². The van der Waals surface area contributed by atoms with Gasteiger partial charge in [-0.25, -0.2) is 9.18 Å². The van der Waals surface area contributed by atoms with Gasteiger partial charge in [-0.1, -0.05) is 6.07 Å². The Morgan fingerprint density at radius 1 is 1.50 bits per heavy atom. The highest BCUT2D eigenvalue weighted by Gasteiger charge is 2.31. The van der Waals surface area contributed by atoms with E-state index in [0.29, 0.717) is 0 Å². The van der Waals surface area contributed by atoms with E-state index in [-0.39, 0.29) is 19.0 Å². The van der Waals surface area contributed by atoms with Gasteiger partial charge in [-0.15, -0.1) is 0 Å². The molecule has 0 bridgehead atoms. The van der Waals surface area contributed by atoms with Crippen LogP contribution in [0, 0.1) is 12.7 Å². The number of ether oxygens (including phenoxy) is 2. The molecule has 0 heterocycles. The molecule has 0 spiro atoms. The van der Waals surface area contributed by atoms with Gasteiger partial charge in [0.15, 0.2) is 11.6 Å². The van der Waals surface area contributed by atoms with Gasteiger partial charge in [0.05, 0.1) is 6.61 Å². The molecule has 0 aliphatic heterocycles. The largest absolute Gasteiger partial charge is 0.488 e. The average Bonchev–Trinajstić information content (AvgIpc) is 2.31. The SMILES string of the molecule is CCOC(=O)C(C)(N)COc1cc(C)ccc1F. The minimum Gasteiger partial charge on any atom is -0.488 e. The Bertz CT molecular complexity index is 432. The van der Waals surface area contributed by atoms with Gasteiger partial charge in [0.2, 0.25) is 0 Å². The summed E-state index contributed by atoms with van der Waals surface area (Å²) in [4.78, 5) is 11.5. The first-order chi connectivity index (χ1) is 8.36.